The quantitative estimate of drug-likeness (QED) is 0.808. The van der Waals surface area contributed by atoms with E-state index in [4.69, 9.17) is 0 Å². The molecule has 0 aliphatic heterocycles. The third-order valence-electron chi connectivity index (χ3n) is 3.23. The molecule has 0 radical (unpaired) electrons. The molecule has 0 saturated heterocycles. The van der Waals surface area contributed by atoms with Gasteiger partial charge < -0.3 is 5.11 Å². The first kappa shape index (κ1) is 17.9. The highest BCUT2D eigenvalue weighted by Gasteiger charge is 2.68. The summed E-state index contributed by atoms with van der Waals surface area (Å²) in [4.78, 5) is 15.4. The average molecular weight is 353 g/mol. The van der Waals surface area contributed by atoms with E-state index in [0.29, 0.717) is 12.1 Å². The van der Waals surface area contributed by atoms with Crippen LogP contribution in [-0.2, 0) is 16.8 Å². The van der Waals surface area contributed by atoms with E-state index in [1.165, 1.54) is 0 Å². The third kappa shape index (κ3) is 3.11. The molecule has 0 aliphatic carbocycles. The van der Waals surface area contributed by atoms with Crippen molar-refractivity contribution in [3.63, 3.8) is 0 Å². The molecule has 0 bridgehead atoms. The lowest BCUT2D eigenvalue weighted by atomic mass is 9.83. The molecule has 2 N–H and O–H groups in total. The number of aromatic nitrogens is 3. The predicted octanol–water partition coefficient (Wildman–Crippen LogP) is 2.14. The molecule has 1 atom stereocenters. The summed E-state index contributed by atoms with van der Waals surface area (Å²) in [5.74, 6) is -9.77. The van der Waals surface area contributed by atoms with Gasteiger partial charge in [-0.15, -0.1) is 0 Å². The van der Waals surface area contributed by atoms with E-state index in [9.17, 15) is 36.2 Å². The number of H-pyrrole nitrogens is 1. The zero-order valence-corrected chi connectivity index (χ0v) is 11.6. The molecule has 1 aromatic heterocycles. The van der Waals surface area contributed by atoms with Gasteiger partial charge in [0, 0.05) is 6.42 Å². The van der Waals surface area contributed by atoms with Gasteiger partial charge in [-0.05, 0) is 17.7 Å². The maximum absolute atomic E-state index is 13.5. The zero-order chi connectivity index (χ0) is 18.2. The van der Waals surface area contributed by atoms with Gasteiger partial charge in [0.15, 0.2) is 5.60 Å². The number of aromatic amines is 1. The van der Waals surface area contributed by atoms with Gasteiger partial charge in [-0.25, -0.2) is 9.37 Å². The number of carbonyl (C=O) groups excluding carboxylic acids is 1. The molecule has 0 aliphatic rings. The van der Waals surface area contributed by atoms with Crippen LogP contribution in [0.4, 0.5) is 26.3 Å². The number of aliphatic hydroxyl groups is 1. The number of carbonyl (C=O) groups is 1. The second-order valence-electron chi connectivity index (χ2n) is 4.88. The normalized spacial score (nSPS) is 15.1. The molecule has 11 heteroatoms. The Kier molecular flexibility index (Phi) is 4.40. The molecule has 1 unspecified atom stereocenters. The van der Waals surface area contributed by atoms with E-state index >= 15 is 0 Å². The minimum absolute atomic E-state index is 0.312. The first-order valence-electron chi connectivity index (χ1n) is 6.30. The number of benzene rings is 1. The number of alkyl halides is 5. The van der Waals surface area contributed by atoms with Crippen molar-refractivity contribution >= 4 is 5.78 Å². The van der Waals surface area contributed by atoms with Crippen LogP contribution in [0.2, 0.25) is 0 Å². The Balaban J connectivity index is 2.54. The van der Waals surface area contributed by atoms with Gasteiger partial charge >= 0.3 is 12.1 Å². The van der Waals surface area contributed by atoms with Gasteiger partial charge in [-0.1, -0.05) is 12.1 Å². The monoisotopic (exact) mass is 353 g/mol. The van der Waals surface area contributed by atoms with Gasteiger partial charge in [-0.2, -0.15) is 27.1 Å². The first-order chi connectivity index (χ1) is 11.0. The maximum atomic E-state index is 13.5. The highest BCUT2D eigenvalue weighted by Crippen LogP contribution is 2.42. The maximum Gasteiger partial charge on any atom is 0.461 e. The van der Waals surface area contributed by atoms with E-state index in [2.05, 4.69) is 15.2 Å². The van der Waals surface area contributed by atoms with Crippen LogP contribution < -0.4 is 0 Å². The zero-order valence-electron chi connectivity index (χ0n) is 11.6. The van der Waals surface area contributed by atoms with Crippen LogP contribution in [0.3, 0.4) is 0 Å². The van der Waals surface area contributed by atoms with Crippen molar-refractivity contribution in [3.05, 3.63) is 47.8 Å². The number of hydrogen-bond acceptors (Lipinski definition) is 4. The Morgan fingerprint density at radius 2 is 1.71 bits per heavy atom. The fourth-order valence-electron chi connectivity index (χ4n) is 1.99. The summed E-state index contributed by atoms with van der Waals surface area (Å²) >= 11 is 0. The molecule has 5 nitrogen and oxygen atoms in total. The van der Waals surface area contributed by atoms with Gasteiger partial charge in [0.1, 0.15) is 18.0 Å². The number of nitrogens with one attached hydrogen (secondary N) is 1. The lowest BCUT2D eigenvalue weighted by Gasteiger charge is -2.30. The Hall–Kier alpha value is -2.43. The number of rotatable bonds is 5. The summed E-state index contributed by atoms with van der Waals surface area (Å²) in [7, 11) is 0. The Labute approximate surface area is 130 Å². The highest BCUT2D eigenvalue weighted by atomic mass is 19.4. The van der Waals surface area contributed by atoms with Crippen LogP contribution in [-0.4, -0.2) is 38.2 Å². The molecule has 2 rings (SSSR count). The van der Waals surface area contributed by atoms with Gasteiger partial charge in [0.25, 0.3) is 0 Å². The van der Waals surface area contributed by atoms with Crippen LogP contribution in [0.25, 0.3) is 0 Å². The Morgan fingerprint density at radius 3 is 2.17 bits per heavy atom. The van der Waals surface area contributed by atoms with Crippen molar-refractivity contribution < 1.29 is 36.2 Å². The molecule has 1 heterocycles. The fourth-order valence-corrected chi connectivity index (χ4v) is 1.99. The average Bonchev–Trinajstić information content (AvgIpc) is 2.98. The van der Waals surface area contributed by atoms with Gasteiger partial charge in [-0.3, -0.25) is 9.89 Å². The molecule has 0 spiro atoms. The number of ketones is 1. The third-order valence-corrected chi connectivity index (χ3v) is 3.23. The second-order valence-corrected chi connectivity index (χ2v) is 4.88. The summed E-state index contributed by atoms with van der Waals surface area (Å²) in [6, 6.07) is 2.88. The van der Waals surface area contributed by atoms with Crippen LogP contribution in [0.15, 0.2) is 30.6 Å². The summed E-state index contributed by atoms with van der Waals surface area (Å²) in [5, 5.41) is 15.9. The van der Waals surface area contributed by atoms with Crippen molar-refractivity contribution in [2.45, 2.75) is 24.1 Å². The van der Waals surface area contributed by atoms with Crippen molar-refractivity contribution in [3.8, 4) is 0 Å². The van der Waals surface area contributed by atoms with E-state index in [0.717, 1.165) is 18.5 Å². The van der Waals surface area contributed by atoms with Crippen molar-refractivity contribution in [2.75, 3.05) is 0 Å². The standard InChI is InChI=1S/C13H9F6N3O2/c14-8-3-1-7(2-4-8)11(24,5-9-20-6-21-22-9)10(23)12(15,16)13(17,18)19/h1-4,6,24H,5H2,(H,20,21,22). The highest BCUT2D eigenvalue weighted by molar-refractivity contribution is 5.95. The van der Waals surface area contributed by atoms with Crippen molar-refractivity contribution in [1.29, 1.82) is 0 Å². The predicted molar refractivity (Wildman–Crippen MR) is 66.4 cm³/mol. The second kappa shape index (κ2) is 5.89. The lowest BCUT2D eigenvalue weighted by molar-refractivity contribution is -0.275. The van der Waals surface area contributed by atoms with Crippen LogP contribution in [0, 0.1) is 5.82 Å². The Morgan fingerprint density at radius 1 is 1.12 bits per heavy atom. The lowest BCUT2D eigenvalue weighted by Crippen LogP contribution is -2.54. The molecule has 24 heavy (non-hydrogen) atoms. The van der Waals surface area contributed by atoms with Crippen LogP contribution >= 0.6 is 0 Å². The topological polar surface area (TPSA) is 78.9 Å². The van der Waals surface area contributed by atoms with E-state index in [1.807, 2.05) is 0 Å². The summed E-state index contributed by atoms with van der Waals surface area (Å²) in [6.07, 6.45) is -6.34. The molecule has 0 saturated carbocycles. The number of nitrogens with zero attached hydrogens (tertiary/aromatic N) is 2. The number of Topliss-reactive ketones (excluding diaryl/α,β-unsaturated/α-hetero) is 1. The molecule has 130 valence electrons. The van der Waals surface area contributed by atoms with E-state index < -0.39 is 41.3 Å². The fraction of sp³-hybridized carbons (Fsp3) is 0.308. The SMILES string of the molecule is O=C(C(O)(Cc1ncn[nH]1)c1ccc(F)cc1)C(F)(F)C(F)(F)F. The number of halogens is 6. The molecule has 1 aromatic carbocycles. The molecule has 2 aromatic rings. The van der Waals surface area contributed by atoms with Crippen molar-refractivity contribution in [1.82, 2.24) is 15.2 Å². The van der Waals surface area contributed by atoms with Crippen LogP contribution in [0.5, 0.6) is 0 Å². The van der Waals surface area contributed by atoms with E-state index in [-0.39, 0.29) is 5.82 Å². The minimum atomic E-state index is -6.21. The number of hydrogen-bond donors (Lipinski definition) is 2. The largest absolute Gasteiger partial charge is 0.461 e. The molecular weight excluding hydrogens is 344 g/mol. The smallest absolute Gasteiger partial charge is 0.377 e. The first-order valence-corrected chi connectivity index (χ1v) is 6.30. The van der Waals surface area contributed by atoms with Crippen LogP contribution in [0.1, 0.15) is 11.4 Å². The van der Waals surface area contributed by atoms with E-state index in [1.54, 1.807) is 0 Å². The van der Waals surface area contributed by atoms with Gasteiger partial charge in [0.05, 0.1) is 0 Å². The molecule has 0 fully saturated rings. The molecule has 0 amide bonds. The van der Waals surface area contributed by atoms with Gasteiger partial charge in [0.2, 0.25) is 5.78 Å². The Bertz CT molecular complexity index is 714. The minimum Gasteiger partial charge on any atom is -0.377 e. The summed E-state index contributed by atoms with van der Waals surface area (Å²) in [5.41, 5.74) is -3.94. The summed E-state index contributed by atoms with van der Waals surface area (Å²) in [6.45, 7) is 0. The summed E-state index contributed by atoms with van der Waals surface area (Å²) < 4.78 is 77.4. The molecular formula is C13H9F6N3O2. The van der Waals surface area contributed by atoms with Crippen molar-refractivity contribution in [2.24, 2.45) is 0 Å².